The number of aliphatic hydroxyl groups is 1. The Bertz CT molecular complexity index is 1310. The molecule has 9 nitrogen and oxygen atoms in total. The standard InChI is InChI=1S/C27H34N8O/c1-20-4-6-21(7-5-20)27(19-36)10-15-33(16-11-27)24-3-2-14-34-25(24)31-26(32-34)30-22-17-29-35(18-22)23-8-12-28-13-9-23/h2-7,14,17-18,23,28,36H,8-13,15-16,19H2,1H3,(H,30,32). The average Bonchev–Trinajstić information content (AvgIpc) is 3.56. The molecular formula is C27H34N8O. The van der Waals surface area contributed by atoms with Crippen molar-refractivity contribution in [2.24, 2.45) is 0 Å². The molecule has 3 aromatic heterocycles. The Kier molecular flexibility index (Phi) is 6.10. The maximum Gasteiger partial charge on any atom is 0.247 e. The first-order valence-corrected chi connectivity index (χ1v) is 12.9. The van der Waals surface area contributed by atoms with Crippen molar-refractivity contribution >= 4 is 23.0 Å². The fourth-order valence-electron chi connectivity index (χ4n) is 5.62. The van der Waals surface area contributed by atoms with Gasteiger partial charge in [-0.3, -0.25) is 4.68 Å². The van der Waals surface area contributed by atoms with Gasteiger partial charge in [-0.15, -0.1) is 5.10 Å². The summed E-state index contributed by atoms with van der Waals surface area (Å²) < 4.78 is 3.89. The Morgan fingerprint density at radius 3 is 2.64 bits per heavy atom. The summed E-state index contributed by atoms with van der Waals surface area (Å²) in [6.45, 7) is 6.04. The summed E-state index contributed by atoms with van der Waals surface area (Å²) >= 11 is 0. The zero-order valence-electron chi connectivity index (χ0n) is 20.8. The molecule has 9 heteroatoms. The van der Waals surface area contributed by atoms with Crippen molar-refractivity contribution in [3.8, 4) is 0 Å². The Labute approximate surface area is 211 Å². The molecular weight excluding hydrogens is 452 g/mol. The lowest BCUT2D eigenvalue weighted by Crippen LogP contribution is -2.45. The fraction of sp³-hybridized carbons (Fsp3) is 0.444. The van der Waals surface area contributed by atoms with Gasteiger partial charge in [0.1, 0.15) is 0 Å². The molecule has 2 fully saturated rings. The van der Waals surface area contributed by atoms with E-state index in [1.165, 1.54) is 11.1 Å². The molecule has 0 aliphatic carbocycles. The molecule has 0 saturated carbocycles. The number of aliphatic hydroxyl groups excluding tert-OH is 1. The Morgan fingerprint density at radius 1 is 1.11 bits per heavy atom. The van der Waals surface area contributed by atoms with Crippen LogP contribution in [0.15, 0.2) is 55.0 Å². The number of anilines is 3. The summed E-state index contributed by atoms with van der Waals surface area (Å²) in [6, 6.07) is 13.2. The predicted molar refractivity (Wildman–Crippen MR) is 141 cm³/mol. The molecule has 4 aromatic rings. The lowest BCUT2D eigenvalue weighted by Gasteiger charge is -2.42. The van der Waals surface area contributed by atoms with Gasteiger partial charge in [0, 0.05) is 30.9 Å². The monoisotopic (exact) mass is 486 g/mol. The minimum absolute atomic E-state index is 0.165. The van der Waals surface area contributed by atoms with Gasteiger partial charge in [0.15, 0.2) is 5.65 Å². The van der Waals surface area contributed by atoms with E-state index >= 15 is 0 Å². The summed E-state index contributed by atoms with van der Waals surface area (Å²) in [4.78, 5) is 7.20. The van der Waals surface area contributed by atoms with Crippen molar-refractivity contribution in [3.05, 3.63) is 66.1 Å². The van der Waals surface area contributed by atoms with Crippen LogP contribution in [0.3, 0.4) is 0 Å². The molecule has 6 rings (SSSR count). The van der Waals surface area contributed by atoms with Crippen molar-refractivity contribution in [2.45, 2.75) is 44.1 Å². The van der Waals surface area contributed by atoms with E-state index in [2.05, 4.69) is 67.7 Å². The molecule has 1 aromatic carbocycles. The van der Waals surface area contributed by atoms with Crippen molar-refractivity contribution < 1.29 is 5.11 Å². The van der Waals surface area contributed by atoms with Gasteiger partial charge in [-0.1, -0.05) is 29.8 Å². The predicted octanol–water partition coefficient (Wildman–Crippen LogP) is 3.43. The van der Waals surface area contributed by atoms with E-state index in [0.717, 1.165) is 68.9 Å². The van der Waals surface area contributed by atoms with E-state index in [4.69, 9.17) is 4.98 Å². The van der Waals surface area contributed by atoms with Gasteiger partial charge in [0.25, 0.3) is 0 Å². The van der Waals surface area contributed by atoms with Crippen LogP contribution < -0.4 is 15.5 Å². The maximum atomic E-state index is 10.4. The number of hydrogen-bond donors (Lipinski definition) is 3. The van der Waals surface area contributed by atoms with Crippen LogP contribution in [-0.2, 0) is 5.41 Å². The highest BCUT2D eigenvalue weighted by atomic mass is 16.3. The van der Waals surface area contributed by atoms with Gasteiger partial charge < -0.3 is 20.6 Å². The van der Waals surface area contributed by atoms with Crippen LogP contribution in [-0.4, -0.2) is 62.3 Å². The fourth-order valence-corrected chi connectivity index (χ4v) is 5.62. The Balaban J connectivity index is 1.19. The van der Waals surface area contributed by atoms with E-state index < -0.39 is 0 Å². The molecule has 0 bridgehead atoms. The number of aromatic nitrogens is 5. The summed E-state index contributed by atoms with van der Waals surface area (Å²) in [5.74, 6) is 0.564. The molecule has 0 atom stereocenters. The third kappa shape index (κ3) is 4.33. The van der Waals surface area contributed by atoms with Crippen molar-refractivity contribution in [1.82, 2.24) is 29.7 Å². The van der Waals surface area contributed by atoms with Crippen LogP contribution in [0.1, 0.15) is 42.9 Å². The van der Waals surface area contributed by atoms with Gasteiger partial charge in [-0.2, -0.15) is 10.1 Å². The molecule has 3 N–H and O–H groups in total. The number of hydrogen-bond acceptors (Lipinski definition) is 7. The minimum atomic E-state index is -0.190. The van der Waals surface area contributed by atoms with Crippen LogP contribution in [0.4, 0.5) is 17.3 Å². The van der Waals surface area contributed by atoms with Crippen LogP contribution in [0, 0.1) is 6.92 Å². The molecule has 0 spiro atoms. The second-order valence-corrected chi connectivity index (χ2v) is 10.2. The molecule has 36 heavy (non-hydrogen) atoms. The van der Waals surface area contributed by atoms with E-state index in [0.29, 0.717) is 12.0 Å². The van der Waals surface area contributed by atoms with E-state index in [1.807, 2.05) is 29.2 Å². The molecule has 2 saturated heterocycles. The van der Waals surface area contributed by atoms with Crippen LogP contribution in [0.5, 0.6) is 0 Å². The number of nitrogens with zero attached hydrogens (tertiary/aromatic N) is 6. The third-order valence-corrected chi connectivity index (χ3v) is 7.91. The van der Waals surface area contributed by atoms with Gasteiger partial charge in [0.2, 0.25) is 5.95 Å². The zero-order valence-corrected chi connectivity index (χ0v) is 20.8. The molecule has 2 aliphatic heterocycles. The topological polar surface area (TPSA) is 95.5 Å². The van der Waals surface area contributed by atoms with E-state index in [-0.39, 0.29) is 12.0 Å². The number of rotatable bonds is 6. The molecule has 188 valence electrons. The largest absolute Gasteiger partial charge is 0.395 e. The van der Waals surface area contributed by atoms with Crippen LogP contribution in [0.2, 0.25) is 0 Å². The first-order chi connectivity index (χ1) is 17.6. The second-order valence-electron chi connectivity index (χ2n) is 10.2. The number of fused-ring (bicyclic) bond motifs is 1. The summed E-state index contributed by atoms with van der Waals surface area (Å²) in [7, 11) is 0. The highest BCUT2D eigenvalue weighted by molar-refractivity contribution is 5.71. The number of pyridine rings is 1. The summed E-state index contributed by atoms with van der Waals surface area (Å²) in [6.07, 6.45) is 9.80. The number of nitrogens with one attached hydrogen (secondary N) is 2. The first-order valence-electron chi connectivity index (χ1n) is 12.9. The smallest absolute Gasteiger partial charge is 0.247 e. The van der Waals surface area contributed by atoms with Gasteiger partial charge in [-0.25, -0.2) is 4.52 Å². The zero-order chi connectivity index (χ0) is 24.5. The number of aryl methyl sites for hydroxylation is 1. The molecule has 5 heterocycles. The lowest BCUT2D eigenvalue weighted by atomic mass is 9.73. The van der Waals surface area contributed by atoms with Crippen molar-refractivity contribution in [2.75, 3.05) is 43.0 Å². The Hall–Kier alpha value is -3.43. The van der Waals surface area contributed by atoms with Crippen molar-refractivity contribution in [1.29, 1.82) is 0 Å². The molecule has 0 radical (unpaired) electrons. The Morgan fingerprint density at radius 2 is 1.89 bits per heavy atom. The molecule has 0 unspecified atom stereocenters. The first kappa shape index (κ1) is 23.0. The third-order valence-electron chi connectivity index (χ3n) is 7.91. The quantitative estimate of drug-likeness (QED) is 0.384. The second kappa shape index (κ2) is 9.55. The number of piperidine rings is 2. The van der Waals surface area contributed by atoms with E-state index in [9.17, 15) is 5.11 Å². The summed E-state index contributed by atoms with van der Waals surface area (Å²) in [5.41, 5.74) is 5.08. The van der Waals surface area contributed by atoms with E-state index in [1.54, 1.807) is 0 Å². The van der Waals surface area contributed by atoms with Crippen LogP contribution in [0.25, 0.3) is 5.65 Å². The normalized spacial score (nSPS) is 18.6. The van der Waals surface area contributed by atoms with Crippen molar-refractivity contribution in [3.63, 3.8) is 0 Å². The van der Waals surface area contributed by atoms with Crippen LogP contribution >= 0.6 is 0 Å². The van der Waals surface area contributed by atoms with Gasteiger partial charge in [0.05, 0.1) is 30.2 Å². The SMILES string of the molecule is Cc1ccc(C2(CO)CCN(c3cccn4nc(Nc5cnn(C6CCNCC6)c5)nc34)CC2)cc1. The minimum Gasteiger partial charge on any atom is -0.395 e. The average molecular weight is 487 g/mol. The molecule has 0 amide bonds. The van der Waals surface area contributed by atoms with Gasteiger partial charge in [-0.05, 0) is 63.4 Å². The summed E-state index contributed by atoms with van der Waals surface area (Å²) in [5, 5.41) is 26.3. The van der Waals surface area contributed by atoms with Gasteiger partial charge >= 0.3 is 0 Å². The highest BCUT2D eigenvalue weighted by Crippen LogP contribution is 2.37. The maximum absolute atomic E-state index is 10.4. The lowest BCUT2D eigenvalue weighted by molar-refractivity contribution is 0.165. The highest BCUT2D eigenvalue weighted by Gasteiger charge is 2.36. The molecule has 2 aliphatic rings. The number of benzene rings is 1.